The van der Waals surface area contributed by atoms with E-state index < -0.39 is 29.4 Å². The van der Waals surface area contributed by atoms with Gasteiger partial charge in [0.25, 0.3) is 11.8 Å². The Labute approximate surface area is 145 Å². The molecular formula is C17H10ClF2NO4. The van der Waals surface area contributed by atoms with Crippen molar-refractivity contribution in [3.05, 3.63) is 69.7 Å². The van der Waals surface area contributed by atoms with Crippen LogP contribution in [0.4, 0.5) is 8.78 Å². The van der Waals surface area contributed by atoms with Crippen LogP contribution in [0.25, 0.3) is 0 Å². The molecule has 2 aromatic rings. The fraction of sp³-hybridized carbons (Fsp3) is 0.118. The Morgan fingerprint density at radius 3 is 2.20 bits per heavy atom. The lowest BCUT2D eigenvalue weighted by atomic mass is 10.1. The first-order valence-corrected chi connectivity index (χ1v) is 7.55. The Kier molecular flexibility index (Phi) is 4.50. The molecule has 0 unspecified atom stereocenters. The molecule has 25 heavy (non-hydrogen) atoms. The van der Waals surface area contributed by atoms with E-state index in [0.717, 1.165) is 4.90 Å². The third-order valence-corrected chi connectivity index (χ3v) is 3.97. The number of hydrogen-bond donors (Lipinski definition) is 0. The van der Waals surface area contributed by atoms with Crippen molar-refractivity contribution in [3.63, 3.8) is 0 Å². The van der Waals surface area contributed by atoms with Crippen LogP contribution >= 0.6 is 11.6 Å². The van der Waals surface area contributed by atoms with Gasteiger partial charge < -0.3 is 4.74 Å². The second-order valence-corrected chi connectivity index (χ2v) is 5.60. The van der Waals surface area contributed by atoms with Gasteiger partial charge in [0.2, 0.25) is 0 Å². The predicted molar refractivity (Wildman–Crippen MR) is 83.5 cm³/mol. The van der Waals surface area contributed by atoms with Gasteiger partial charge in [-0.05, 0) is 24.3 Å². The first-order valence-electron chi connectivity index (χ1n) is 7.17. The number of benzene rings is 2. The lowest BCUT2D eigenvalue weighted by molar-refractivity contribution is 0.0420. The van der Waals surface area contributed by atoms with Crippen LogP contribution in [-0.4, -0.2) is 35.8 Å². The van der Waals surface area contributed by atoms with E-state index in [4.69, 9.17) is 16.3 Å². The highest BCUT2D eigenvalue weighted by atomic mass is 35.5. The maximum Gasteiger partial charge on any atom is 0.339 e. The SMILES string of the molecule is O=C(OCCN1C(=O)c2ccccc2C1=O)c1cc(F)c(F)cc1Cl. The van der Waals surface area contributed by atoms with Crippen molar-refractivity contribution >= 4 is 29.4 Å². The molecule has 0 saturated carbocycles. The van der Waals surface area contributed by atoms with Gasteiger partial charge in [-0.15, -0.1) is 0 Å². The van der Waals surface area contributed by atoms with E-state index in [-0.39, 0.29) is 34.9 Å². The summed E-state index contributed by atoms with van der Waals surface area (Å²) in [6.45, 7) is -0.473. The number of carbonyl (C=O) groups is 3. The van der Waals surface area contributed by atoms with Crippen molar-refractivity contribution in [2.75, 3.05) is 13.2 Å². The van der Waals surface area contributed by atoms with E-state index in [1.807, 2.05) is 0 Å². The average Bonchev–Trinajstić information content (AvgIpc) is 2.83. The molecule has 2 aromatic carbocycles. The third kappa shape index (κ3) is 3.10. The highest BCUT2D eigenvalue weighted by Gasteiger charge is 2.34. The molecule has 1 aliphatic heterocycles. The van der Waals surface area contributed by atoms with Gasteiger partial charge in [-0.25, -0.2) is 13.6 Å². The molecule has 0 fully saturated rings. The molecule has 1 heterocycles. The van der Waals surface area contributed by atoms with Gasteiger partial charge in [0.15, 0.2) is 11.6 Å². The van der Waals surface area contributed by atoms with Crippen LogP contribution in [0.15, 0.2) is 36.4 Å². The lowest BCUT2D eigenvalue weighted by Crippen LogP contribution is -2.33. The number of rotatable bonds is 4. The molecule has 0 atom stereocenters. The summed E-state index contributed by atoms with van der Waals surface area (Å²) in [5.41, 5.74) is 0.216. The molecule has 8 heteroatoms. The van der Waals surface area contributed by atoms with Crippen LogP contribution in [0.3, 0.4) is 0 Å². The number of nitrogens with zero attached hydrogens (tertiary/aromatic N) is 1. The van der Waals surface area contributed by atoms with Gasteiger partial charge >= 0.3 is 5.97 Å². The summed E-state index contributed by atoms with van der Waals surface area (Å²) < 4.78 is 31.1. The molecule has 2 amide bonds. The zero-order valence-corrected chi connectivity index (χ0v) is 13.3. The monoisotopic (exact) mass is 365 g/mol. The van der Waals surface area contributed by atoms with Crippen LogP contribution in [0.5, 0.6) is 0 Å². The first kappa shape index (κ1) is 17.0. The Bertz CT molecular complexity index is 865. The molecule has 0 spiro atoms. The Morgan fingerprint density at radius 2 is 1.60 bits per heavy atom. The van der Waals surface area contributed by atoms with E-state index in [1.165, 1.54) is 12.1 Å². The average molecular weight is 366 g/mol. The molecule has 128 valence electrons. The predicted octanol–water partition coefficient (Wildman–Crippen LogP) is 3.07. The summed E-state index contributed by atoms with van der Waals surface area (Å²) in [4.78, 5) is 37.1. The molecule has 0 N–H and O–H groups in total. The number of imide groups is 1. The number of ether oxygens (including phenoxy) is 1. The molecule has 0 aliphatic carbocycles. The number of amides is 2. The Balaban J connectivity index is 1.64. The minimum Gasteiger partial charge on any atom is -0.460 e. The van der Waals surface area contributed by atoms with Gasteiger partial charge in [-0.2, -0.15) is 0 Å². The number of esters is 1. The maximum absolute atomic E-state index is 13.2. The number of fused-ring (bicyclic) bond motifs is 1. The highest BCUT2D eigenvalue weighted by molar-refractivity contribution is 6.33. The molecular weight excluding hydrogens is 356 g/mol. The molecule has 0 bridgehead atoms. The molecule has 3 rings (SSSR count). The van der Waals surface area contributed by atoms with Gasteiger partial charge in [0.05, 0.1) is 28.3 Å². The van der Waals surface area contributed by atoms with Crippen LogP contribution in [0, 0.1) is 11.6 Å². The smallest absolute Gasteiger partial charge is 0.339 e. The minimum atomic E-state index is -1.24. The van der Waals surface area contributed by atoms with Crippen LogP contribution < -0.4 is 0 Å². The van der Waals surface area contributed by atoms with Crippen molar-refractivity contribution in [2.24, 2.45) is 0 Å². The van der Waals surface area contributed by atoms with Crippen LogP contribution in [0.1, 0.15) is 31.1 Å². The fourth-order valence-electron chi connectivity index (χ4n) is 2.43. The van der Waals surface area contributed by atoms with Crippen molar-refractivity contribution in [1.82, 2.24) is 4.90 Å². The van der Waals surface area contributed by atoms with Gasteiger partial charge in [0.1, 0.15) is 6.61 Å². The minimum absolute atomic E-state index is 0.167. The van der Waals surface area contributed by atoms with Gasteiger partial charge in [-0.3, -0.25) is 14.5 Å². The van der Waals surface area contributed by atoms with E-state index in [9.17, 15) is 23.2 Å². The van der Waals surface area contributed by atoms with Crippen molar-refractivity contribution in [2.45, 2.75) is 0 Å². The van der Waals surface area contributed by atoms with Crippen LogP contribution in [0.2, 0.25) is 5.02 Å². The zero-order valence-electron chi connectivity index (χ0n) is 12.6. The normalized spacial score (nSPS) is 13.2. The second kappa shape index (κ2) is 6.60. The topological polar surface area (TPSA) is 63.7 Å². The number of carbonyl (C=O) groups excluding carboxylic acids is 3. The summed E-state index contributed by atoms with van der Waals surface area (Å²) in [6.07, 6.45) is 0. The van der Waals surface area contributed by atoms with Gasteiger partial charge in [0, 0.05) is 0 Å². The summed E-state index contributed by atoms with van der Waals surface area (Å²) in [5.74, 6) is -4.38. The van der Waals surface area contributed by atoms with Crippen molar-refractivity contribution < 1.29 is 27.9 Å². The Hall–Kier alpha value is -2.80. The first-order chi connectivity index (χ1) is 11.9. The molecule has 1 aliphatic rings. The van der Waals surface area contributed by atoms with E-state index in [2.05, 4.69) is 0 Å². The number of hydrogen-bond acceptors (Lipinski definition) is 4. The van der Waals surface area contributed by atoms with E-state index in [1.54, 1.807) is 12.1 Å². The molecule has 0 aromatic heterocycles. The third-order valence-electron chi connectivity index (χ3n) is 3.66. The fourth-order valence-corrected chi connectivity index (χ4v) is 2.66. The zero-order chi connectivity index (χ0) is 18.1. The molecule has 5 nitrogen and oxygen atoms in total. The van der Waals surface area contributed by atoms with Gasteiger partial charge in [-0.1, -0.05) is 23.7 Å². The standard InChI is InChI=1S/C17H10ClF2NO4/c18-12-8-14(20)13(19)7-11(12)17(24)25-6-5-21-15(22)9-3-1-2-4-10(9)16(21)23/h1-4,7-8H,5-6H2. The highest BCUT2D eigenvalue weighted by Crippen LogP contribution is 2.23. The largest absolute Gasteiger partial charge is 0.460 e. The summed E-state index contributed by atoms with van der Waals surface area (Å²) in [5, 5.41) is -0.301. The van der Waals surface area contributed by atoms with E-state index in [0.29, 0.717) is 12.1 Å². The summed E-state index contributed by atoms with van der Waals surface area (Å²) in [7, 11) is 0. The second-order valence-electron chi connectivity index (χ2n) is 5.19. The quantitative estimate of drug-likeness (QED) is 0.474. The molecule has 0 saturated heterocycles. The van der Waals surface area contributed by atoms with Crippen molar-refractivity contribution in [1.29, 1.82) is 0 Å². The summed E-state index contributed by atoms with van der Waals surface area (Å²) in [6, 6.07) is 7.63. The van der Waals surface area contributed by atoms with E-state index >= 15 is 0 Å². The number of halogens is 3. The molecule has 0 radical (unpaired) electrons. The van der Waals surface area contributed by atoms with Crippen molar-refractivity contribution in [3.8, 4) is 0 Å². The maximum atomic E-state index is 13.2. The Morgan fingerprint density at radius 1 is 1.04 bits per heavy atom. The van der Waals surface area contributed by atoms with Crippen LogP contribution in [-0.2, 0) is 4.74 Å². The summed E-state index contributed by atoms with van der Waals surface area (Å²) >= 11 is 5.68. The lowest BCUT2D eigenvalue weighted by Gasteiger charge is -2.14.